The largest absolute Gasteiger partial charge is 0.416 e. The smallest absolute Gasteiger partial charge is 0.326 e. The molecule has 1 heterocycles. The average molecular weight is 291 g/mol. The van der Waals surface area contributed by atoms with Crippen LogP contribution in [0, 0.1) is 0 Å². The second-order valence-corrected chi connectivity index (χ2v) is 4.68. The molecule has 0 unspecified atom stereocenters. The van der Waals surface area contributed by atoms with E-state index in [0.29, 0.717) is 17.4 Å². The molecule has 0 aliphatic heterocycles. The van der Waals surface area contributed by atoms with E-state index in [1.165, 1.54) is 6.07 Å². The molecule has 0 atom stereocenters. The number of nitrogens with two attached hydrogens (primary N) is 1. The van der Waals surface area contributed by atoms with E-state index in [0.717, 1.165) is 23.4 Å². The molecule has 0 bridgehead atoms. The van der Waals surface area contributed by atoms with E-state index in [-0.39, 0.29) is 0 Å². The number of para-hydroxylation sites is 1. The Kier molecular flexibility index (Phi) is 3.17. The molecule has 3 nitrogen and oxygen atoms in total. The highest BCUT2D eigenvalue weighted by Crippen LogP contribution is 2.31. The molecule has 0 aliphatic carbocycles. The van der Waals surface area contributed by atoms with Crippen LogP contribution in [0.25, 0.3) is 16.6 Å². The zero-order valence-electron chi connectivity index (χ0n) is 10.9. The summed E-state index contributed by atoms with van der Waals surface area (Å²) in [5.41, 5.74) is 6.92. The second kappa shape index (κ2) is 4.89. The number of halogens is 3. The van der Waals surface area contributed by atoms with Crippen LogP contribution in [0.4, 0.5) is 13.2 Å². The fourth-order valence-corrected chi connectivity index (χ4v) is 2.22. The van der Waals surface area contributed by atoms with E-state index in [4.69, 9.17) is 5.73 Å². The van der Waals surface area contributed by atoms with Crippen LogP contribution >= 0.6 is 0 Å². The fraction of sp³-hybridized carbons (Fsp3) is 0.133. The van der Waals surface area contributed by atoms with E-state index in [2.05, 4.69) is 5.10 Å². The molecule has 0 radical (unpaired) electrons. The van der Waals surface area contributed by atoms with Crippen LogP contribution in [-0.4, -0.2) is 9.78 Å². The molecular weight excluding hydrogens is 279 g/mol. The number of rotatable bonds is 2. The Balaban J connectivity index is 2.13. The molecule has 21 heavy (non-hydrogen) atoms. The van der Waals surface area contributed by atoms with Gasteiger partial charge in [-0.2, -0.15) is 18.3 Å². The van der Waals surface area contributed by atoms with Crippen LogP contribution < -0.4 is 5.73 Å². The predicted octanol–water partition coefficient (Wildman–Crippen LogP) is 3.50. The predicted molar refractivity (Wildman–Crippen MR) is 74.0 cm³/mol. The molecule has 0 saturated carbocycles. The van der Waals surface area contributed by atoms with Crippen LogP contribution in [0.1, 0.15) is 11.1 Å². The molecule has 1 aromatic heterocycles. The number of aromatic nitrogens is 2. The van der Waals surface area contributed by atoms with Crippen molar-refractivity contribution in [3.05, 3.63) is 59.8 Å². The lowest BCUT2D eigenvalue weighted by atomic mass is 10.1. The molecule has 2 N–H and O–H groups in total. The van der Waals surface area contributed by atoms with E-state index in [1.54, 1.807) is 10.9 Å². The summed E-state index contributed by atoms with van der Waals surface area (Å²) in [5, 5.41) is 4.87. The van der Waals surface area contributed by atoms with Gasteiger partial charge in [-0.15, -0.1) is 0 Å². The molecule has 0 aliphatic rings. The van der Waals surface area contributed by atoms with Gasteiger partial charge in [0.05, 0.1) is 16.8 Å². The molecule has 3 aromatic rings. The monoisotopic (exact) mass is 291 g/mol. The summed E-state index contributed by atoms with van der Waals surface area (Å²) >= 11 is 0. The average Bonchev–Trinajstić information content (AvgIpc) is 2.89. The third kappa shape index (κ3) is 2.50. The highest BCUT2D eigenvalue weighted by atomic mass is 19.4. The van der Waals surface area contributed by atoms with E-state index >= 15 is 0 Å². The number of benzene rings is 2. The summed E-state index contributed by atoms with van der Waals surface area (Å²) in [6, 6.07) is 10.9. The Morgan fingerprint density at radius 3 is 2.57 bits per heavy atom. The summed E-state index contributed by atoms with van der Waals surface area (Å²) < 4.78 is 39.7. The lowest BCUT2D eigenvalue weighted by Crippen LogP contribution is -2.05. The number of fused-ring (bicyclic) bond motifs is 1. The summed E-state index contributed by atoms with van der Waals surface area (Å²) in [4.78, 5) is 0. The molecule has 0 spiro atoms. The standard InChI is InChI=1S/C15H12F3N3/c16-15(17,18)12-6-5-11-9-21(20-13(11)7-12)14-4-2-1-3-10(14)8-19/h1-7,9H,8,19H2. The third-order valence-corrected chi connectivity index (χ3v) is 3.29. The van der Waals surface area contributed by atoms with Gasteiger partial charge >= 0.3 is 6.18 Å². The molecule has 0 saturated heterocycles. The van der Waals surface area contributed by atoms with Crippen molar-refractivity contribution < 1.29 is 13.2 Å². The van der Waals surface area contributed by atoms with Gasteiger partial charge in [-0.25, -0.2) is 4.68 Å². The van der Waals surface area contributed by atoms with Crippen molar-refractivity contribution >= 4 is 10.9 Å². The fourth-order valence-electron chi connectivity index (χ4n) is 2.22. The molecule has 2 aromatic carbocycles. The lowest BCUT2D eigenvalue weighted by molar-refractivity contribution is -0.137. The van der Waals surface area contributed by atoms with Crippen molar-refractivity contribution in [1.29, 1.82) is 0 Å². The van der Waals surface area contributed by atoms with Crippen LogP contribution in [0.15, 0.2) is 48.7 Å². The van der Waals surface area contributed by atoms with Gasteiger partial charge < -0.3 is 5.73 Å². The van der Waals surface area contributed by atoms with Crippen LogP contribution in [0.2, 0.25) is 0 Å². The lowest BCUT2D eigenvalue weighted by Gasteiger charge is -2.06. The topological polar surface area (TPSA) is 43.8 Å². The van der Waals surface area contributed by atoms with Crippen molar-refractivity contribution in [3.8, 4) is 5.69 Å². The Morgan fingerprint density at radius 1 is 1.10 bits per heavy atom. The number of alkyl halides is 3. The highest BCUT2D eigenvalue weighted by Gasteiger charge is 2.30. The zero-order valence-corrected chi connectivity index (χ0v) is 10.9. The maximum absolute atomic E-state index is 12.7. The van der Waals surface area contributed by atoms with Gasteiger partial charge in [0.1, 0.15) is 0 Å². The first kappa shape index (κ1) is 13.6. The zero-order chi connectivity index (χ0) is 15.0. The highest BCUT2D eigenvalue weighted by molar-refractivity contribution is 5.79. The molecule has 0 fully saturated rings. The van der Waals surface area contributed by atoms with E-state index < -0.39 is 11.7 Å². The first-order valence-corrected chi connectivity index (χ1v) is 6.34. The molecule has 0 amide bonds. The number of hydrogen-bond donors (Lipinski definition) is 1. The van der Waals surface area contributed by atoms with Crippen molar-refractivity contribution in [2.24, 2.45) is 5.73 Å². The molecular formula is C15H12F3N3. The van der Waals surface area contributed by atoms with Gasteiger partial charge in [0.25, 0.3) is 0 Å². The Morgan fingerprint density at radius 2 is 1.86 bits per heavy atom. The first-order valence-electron chi connectivity index (χ1n) is 6.34. The van der Waals surface area contributed by atoms with Gasteiger partial charge in [0.2, 0.25) is 0 Å². The van der Waals surface area contributed by atoms with Crippen molar-refractivity contribution in [1.82, 2.24) is 9.78 Å². The van der Waals surface area contributed by atoms with Gasteiger partial charge in [-0.1, -0.05) is 24.3 Å². The van der Waals surface area contributed by atoms with Gasteiger partial charge in [-0.3, -0.25) is 0 Å². The second-order valence-electron chi connectivity index (χ2n) is 4.68. The first-order chi connectivity index (χ1) is 9.99. The third-order valence-electron chi connectivity index (χ3n) is 3.29. The maximum Gasteiger partial charge on any atom is 0.416 e. The summed E-state index contributed by atoms with van der Waals surface area (Å²) in [6.07, 6.45) is -2.67. The van der Waals surface area contributed by atoms with Crippen molar-refractivity contribution in [2.75, 3.05) is 0 Å². The van der Waals surface area contributed by atoms with E-state index in [1.807, 2.05) is 24.3 Å². The Labute approximate surface area is 118 Å². The summed E-state index contributed by atoms with van der Waals surface area (Å²) in [6.45, 7) is 0.334. The molecule has 3 rings (SSSR count). The van der Waals surface area contributed by atoms with Gasteiger partial charge in [0, 0.05) is 18.1 Å². The maximum atomic E-state index is 12.7. The van der Waals surface area contributed by atoms with Crippen molar-refractivity contribution in [2.45, 2.75) is 12.7 Å². The number of nitrogens with zero attached hydrogens (tertiary/aromatic N) is 2. The normalized spacial score (nSPS) is 12.0. The molecule has 108 valence electrons. The minimum atomic E-state index is -4.37. The minimum absolute atomic E-state index is 0.302. The quantitative estimate of drug-likeness (QED) is 0.785. The van der Waals surface area contributed by atoms with Gasteiger partial charge in [-0.05, 0) is 23.8 Å². The summed E-state index contributed by atoms with van der Waals surface area (Å²) in [7, 11) is 0. The number of hydrogen-bond acceptors (Lipinski definition) is 2. The van der Waals surface area contributed by atoms with Crippen LogP contribution in [-0.2, 0) is 12.7 Å². The van der Waals surface area contributed by atoms with Crippen LogP contribution in [0.5, 0.6) is 0 Å². The van der Waals surface area contributed by atoms with Gasteiger partial charge in [0.15, 0.2) is 0 Å². The summed E-state index contributed by atoms with van der Waals surface area (Å²) in [5.74, 6) is 0. The van der Waals surface area contributed by atoms with Crippen molar-refractivity contribution in [3.63, 3.8) is 0 Å². The Hall–Kier alpha value is -2.34. The Bertz CT molecular complexity index is 790. The minimum Gasteiger partial charge on any atom is -0.326 e. The van der Waals surface area contributed by atoms with E-state index in [9.17, 15) is 13.2 Å². The SMILES string of the molecule is NCc1ccccc1-n1cc2ccc(C(F)(F)F)cc2n1. The molecule has 6 heteroatoms. The van der Waals surface area contributed by atoms with Crippen LogP contribution in [0.3, 0.4) is 0 Å².